The second-order valence-corrected chi connectivity index (χ2v) is 10.5. The first-order chi connectivity index (χ1) is 22.1. The van der Waals surface area contributed by atoms with E-state index >= 15 is 4.39 Å². The van der Waals surface area contributed by atoms with E-state index in [9.17, 15) is 44.3 Å². The highest BCUT2D eigenvalue weighted by Gasteiger charge is 2.45. The predicted octanol–water partition coefficient (Wildman–Crippen LogP) is 9.12. The van der Waals surface area contributed by atoms with Crippen molar-refractivity contribution in [2.45, 2.75) is 37.0 Å². The van der Waals surface area contributed by atoms with Crippen LogP contribution in [0.2, 0.25) is 0 Å². The van der Waals surface area contributed by atoms with Crippen LogP contribution in [0.25, 0.3) is 0 Å². The van der Waals surface area contributed by atoms with E-state index in [0.717, 1.165) is 36.6 Å². The van der Waals surface area contributed by atoms with Gasteiger partial charge < -0.3 is 14.8 Å². The number of allylic oxidation sites excluding steroid dienone is 4. The normalized spacial score (nSPS) is 16.1. The lowest BCUT2D eigenvalue weighted by molar-refractivity contribution is -0.253. The van der Waals surface area contributed by atoms with Gasteiger partial charge >= 0.3 is 18.7 Å². The first-order valence-corrected chi connectivity index (χ1v) is 13.8. The first-order valence-electron chi connectivity index (χ1n) is 13.8. The molecule has 0 heterocycles. The molecule has 4 rings (SSSR count). The van der Waals surface area contributed by atoms with Crippen LogP contribution >= 0.6 is 0 Å². The van der Waals surface area contributed by atoms with Gasteiger partial charge in [0.1, 0.15) is 17.4 Å². The first kappa shape index (κ1) is 35.1. The van der Waals surface area contributed by atoms with E-state index < -0.39 is 82.6 Å². The molecule has 250 valence electrons. The maximum Gasteiger partial charge on any atom is 0.461 e. The van der Waals surface area contributed by atoms with Crippen molar-refractivity contribution in [2.75, 3.05) is 6.54 Å². The summed E-state index contributed by atoms with van der Waals surface area (Å²) in [6.45, 7) is 2.76. The zero-order chi connectivity index (χ0) is 34.6. The van der Waals surface area contributed by atoms with Gasteiger partial charge in [0.2, 0.25) is 0 Å². The van der Waals surface area contributed by atoms with Gasteiger partial charge in [-0.05, 0) is 72.4 Å². The van der Waals surface area contributed by atoms with Crippen molar-refractivity contribution in [2.24, 2.45) is 5.92 Å². The lowest BCUT2D eigenvalue weighted by atomic mass is 9.67. The van der Waals surface area contributed by atoms with Crippen molar-refractivity contribution in [1.29, 1.82) is 0 Å². The highest BCUT2D eigenvalue weighted by atomic mass is 19.4. The lowest BCUT2D eigenvalue weighted by Gasteiger charge is -2.38. The van der Waals surface area contributed by atoms with E-state index in [1.165, 1.54) is 6.07 Å². The van der Waals surface area contributed by atoms with Crippen LogP contribution in [0, 0.1) is 23.4 Å². The van der Waals surface area contributed by atoms with Gasteiger partial charge in [0, 0.05) is 23.6 Å². The number of carbonyl (C=O) groups excluding carboxylic acids is 1. The van der Waals surface area contributed by atoms with Crippen LogP contribution in [-0.2, 0) is 11.6 Å². The van der Waals surface area contributed by atoms with Crippen LogP contribution in [0.15, 0.2) is 91.7 Å². The molecule has 1 unspecified atom stereocenters. The number of hydrogen-bond acceptors (Lipinski definition) is 3. The Morgan fingerprint density at radius 2 is 1.66 bits per heavy atom. The number of hydrogen-bond donors (Lipinski definition) is 1. The molecule has 0 saturated heterocycles. The fourth-order valence-corrected chi connectivity index (χ4v) is 5.21. The molecule has 4 nitrogen and oxygen atoms in total. The number of benzene rings is 3. The summed E-state index contributed by atoms with van der Waals surface area (Å²) in [5, 5.41) is 2.44. The maximum absolute atomic E-state index is 15.1. The van der Waals surface area contributed by atoms with E-state index in [0.29, 0.717) is 18.6 Å². The summed E-state index contributed by atoms with van der Waals surface area (Å²) in [5.74, 6) is -6.68. The molecule has 0 fully saturated rings. The smallest absolute Gasteiger partial charge is 0.461 e. The zero-order valence-corrected chi connectivity index (χ0v) is 24.1. The van der Waals surface area contributed by atoms with Crippen LogP contribution in [-0.4, -0.2) is 25.0 Å². The van der Waals surface area contributed by atoms with Crippen LogP contribution in [0.5, 0.6) is 11.5 Å². The standard InChI is InChI=1S/C33H25F10NO3/c1-2-46-28-15-21(9-11-27(28)36)31(17-19-6-4-3-5-7-19,22-13-23(34)16-24(14-22)47-33(42,43)30(37)38)18-44-29(45)20-8-10-26(35)25(12-20)32(39,40)41/h2-6,8-16,19,30H,1,7,17-18H2,(H,44,45)/t19?,31-/m1/s1. The minimum atomic E-state index is -5.14. The molecule has 1 aliphatic carbocycles. The van der Waals surface area contributed by atoms with Gasteiger partial charge in [0.25, 0.3) is 5.91 Å². The molecule has 2 atom stereocenters. The Labute approximate surface area is 262 Å². The second kappa shape index (κ2) is 13.9. The van der Waals surface area contributed by atoms with Crippen molar-refractivity contribution in [3.8, 4) is 11.5 Å². The van der Waals surface area contributed by atoms with Gasteiger partial charge in [-0.3, -0.25) is 4.79 Å². The van der Waals surface area contributed by atoms with Gasteiger partial charge in [-0.2, -0.15) is 30.7 Å². The van der Waals surface area contributed by atoms with E-state index in [4.69, 9.17) is 4.74 Å². The molecule has 1 N–H and O–H groups in total. The van der Waals surface area contributed by atoms with Crippen molar-refractivity contribution in [3.63, 3.8) is 0 Å². The monoisotopic (exact) mass is 673 g/mol. The number of halogens is 10. The Kier molecular flexibility index (Phi) is 10.4. The van der Waals surface area contributed by atoms with E-state index in [1.807, 2.05) is 0 Å². The third-order valence-electron chi connectivity index (χ3n) is 7.39. The van der Waals surface area contributed by atoms with Gasteiger partial charge in [0.05, 0.1) is 11.8 Å². The van der Waals surface area contributed by atoms with E-state index in [1.54, 1.807) is 24.3 Å². The van der Waals surface area contributed by atoms with Crippen molar-refractivity contribution >= 4 is 5.91 Å². The van der Waals surface area contributed by atoms with Crippen LogP contribution < -0.4 is 14.8 Å². The van der Waals surface area contributed by atoms with Crippen molar-refractivity contribution in [3.05, 3.63) is 131 Å². The average Bonchev–Trinajstić information content (AvgIpc) is 3.00. The highest BCUT2D eigenvalue weighted by Crippen LogP contribution is 2.43. The number of alkyl halides is 7. The summed E-state index contributed by atoms with van der Waals surface area (Å²) in [4.78, 5) is 13.3. The quantitative estimate of drug-likeness (QED) is 0.154. The van der Waals surface area contributed by atoms with Gasteiger partial charge in [-0.15, -0.1) is 0 Å². The topological polar surface area (TPSA) is 47.6 Å². The van der Waals surface area contributed by atoms with Crippen molar-refractivity contribution in [1.82, 2.24) is 5.32 Å². The summed E-state index contributed by atoms with van der Waals surface area (Å²) >= 11 is 0. The minimum Gasteiger partial charge on any atom is -0.463 e. The van der Waals surface area contributed by atoms with Crippen molar-refractivity contribution < 1.29 is 58.2 Å². The molecule has 0 aliphatic heterocycles. The summed E-state index contributed by atoms with van der Waals surface area (Å²) in [7, 11) is 0. The number of amides is 1. The lowest BCUT2D eigenvalue weighted by Crippen LogP contribution is -2.43. The molecule has 0 aromatic heterocycles. The SMILES string of the molecule is C=COc1cc([C@](CNC(=O)c2ccc(F)c(C(F)(F)F)c2)(CC2C=CC=CC2)c2cc(F)cc(OC(F)(F)C(F)F)c2)ccc1F. The predicted molar refractivity (Wildman–Crippen MR) is 151 cm³/mol. The molecular formula is C33H25F10NO3. The minimum absolute atomic E-state index is 0.0847. The molecule has 3 aromatic rings. The number of nitrogens with one attached hydrogen (secondary N) is 1. The maximum atomic E-state index is 15.1. The van der Waals surface area contributed by atoms with E-state index in [-0.39, 0.29) is 23.6 Å². The third-order valence-corrected chi connectivity index (χ3v) is 7.39. The number of carbonyl (C=O) groups is 1. The number of rotatable bonds is 12. The molecule has 47 heavy (non-hydrogen) atoms. The van der Waals surface area contributed by atoms with Gasteiger partial charge in [-0.25, -0.2) is 13.2 Å². The molecule has 0 radical (unpaired) electrons. The molecule has 1 amide bonds. The second-order valence-electron chi connectivity index (χ2n) is 10.5. The van der Waals surface area contributed by atoms with E-state index in [2.05, 4.69) is 16.6 Å². The van der Waals surface area contributed by atoms with Crippen LogP contribution in [0.3, 0.4) is 0 Å². The fourth-order valence-electron chi connectivity index (χ4n) is 5.21. The Balaban J connectivity index is 1.91. The highest BCUT2D eigenvalue weighted by molar-refractivity contribution is 5.94. The molecule has 1 aliphatic rings. The molecule has 3 aromatic carbocycles. The van der Waals surface area contributed by atoms with Crippen LogP contribution in [0.4, 0.5) is 43.9 Å². The van der Waals surface area contributed by atoms with Gasteiger partial charge in [-0.1, -0.05) is 36.9 Å². The molecule has 0 bridgehead atoms. The summed E-state index contributed by atoms with van der Waals surface area (Å²) < 4.78 is 147. The number of ether oxygens (including phenoxy) is 2. The Morgan fingerprint density at radius 3 is 2.30 bits per heavy atom. The molecular weight excluding hydrogens is 648 g/mol. The van der Waals surface area contributed by atoms with Crippen LogP contribution in [0.1, 0.15) is 39.9 Å². The molecule has 14 heteroatoms. The largest absolute Gasteiger partial charge is 0.463 e. The molecule has 0 spiro atoms. The molecule has 0 saturated carbocycles. The summed E-state index contributed by atoms with van der Waals surface area (Å²) in [6.07, 6.45) is -6.37. The Morgan fingerprint density at radius 1 is 0.936 bits per heavy atom. The average molecular weight is 674 g/mol. The zero-order valence-electron chi connectivity index (χ0n) is 24.1. The summed E-state index contributed by atoms with van der Waals surface area (Å²) in [5.41, 5.74) is -4.19. The fraction of sp³-hybridized carbons (Fsp3) is 0.242. The summed E-state index contributed by atoms with van der Waals surface area (Å²) in [6, 6.07) is 6.99. The Hall–Kier alpha value is -4.75. The third kappa shape index (κ3) is 8.16. The van der Waals surface area contributed by atoms with Gasteiger partial charge in [0.15, 0.2) is 11.6 Å². The Bertz CT molecular complexity index is 1690.